The van der Waals surface area contributed by atoms with Gasteiger partial charge in [-0.25, -0.2) is 4.98 Å². The quantitative estimate of drug-likeness (QED) is 0.510. The van der Waals surface area contributed by atoms with E-state index in [1.165, 1.54) is 0 Å². The first-order valence-corrected chi connectivity index (χ1v) is 8.19. The molecular weight excluding hydrogens is 324 g/mol. The van der Waals surface area contributed by atoms with Gasteiger partial charge in [0.2, 0.25) is 0 Å². The van der Waals surface area contributed by atoms with Crippen molar-refractivity contribution in [3.8, 4) is 22.3 Å². The molecule has 0 amide bonds. The molecule has 124 valence electrons. The van der Waals surface area contributed by atoms with Crippen LogP contribution in [0.4, 0.5) is 5.82 Å². The van der Waals surface area contributed by atoms with E-state index in [2.05, 4.69) is 31.2 Å². The number of anilines is 1. The Bertz CT molecular complexity index is 1240. The molecule has 0 atom stereocenters. The third-order valence-electron chi connectivity index (χ3n) is 4.51. The fourth-order valence-corrected chi connectivity index (χ4v) is 3.19. The van der Waals surface area contributed by atoms with Gasteiger partial charge in [-0.15, -0.1) is 0 Å². The number of aromatic amines is 1. The summed E-state index contributed by atoms with van der Waals surface area (Å²) in [4.78, 5) is 13.0. The zero-order chi connectivity index (χ0) is 17.5. The highest BCUT2D eigenvalue weighted by atomic mass is 15.2. The second-order valence-electron chi connectivity index (χ2n) is 6.06. The Kier molecular flexibility index (Phi) is 3.15. The Morgan fingerprint density at radius 2 is 1.62 bits per heavy atom. The maximum absolute atomic E-state index is 5.92. The van der Waals surface area contributed by atoms with Crippen molar-refractivity contribution < 1.29 is 0 Å². The number of rotatable bonds is 2. The van der Waals surface area contributed by atoms with Gasteiger partial charge in [0, 0.05) is 35.7 Å². The van der Waals surface area contributed by atoms with Crippen molar-refractivity contribution in [1.29, 1.82) is 0 Å². The van der Waals surface area contributed by atoms with Crippen LogP contribution >= 0.6 is 0 Å². The van der Waals surface area contributed by atoms with Gasteiger partial charge in [-0.1, -0.05) is 6.07 Å². The van der Waals surface area contributed by atoms with Crippen molar-refractivity contribution in [3.05, 3.63) is 67.3 Å². The SMILES string of the molecule is Nc1n[nH]c2ncc(-c3ccc4nccc(-c5ccncc5)c4c3)cc12. The highest BCUT2D eigenvalue weighted by Gasteiger charge is 2.09. The Morgan fingerprint density at radius 3 is 2.50 bits per heavy atom. The van der Waals surface area contributed by atoms with Crippen LogP contribution in [0.3, 0.4) is 0 Å². The largest absolute Gasteiger partial charge is 0.382 e. The Balaban J connectivity index is 1.72. The lowest BCUT2D eigenvalue weighted by molar-refractivity contribution is 1.10. The van der Waals surface area contributed by atoms with Crippen LogP contribution in [0, 0.1) is 0 Å². The predicted octanol–water partition coefficient (Wildman–Crippen LogP) is 3.82. The Labute approximate surface area is 148 Å². The van der Waals surface area contributed by atoms with Gasteiger partial charge in [-0.05, 0) is 53.1 Å². The maximum atomic E-state index is 5.92. The first-order valence-electron chi connectivity index (χ1n) is 8.19. The third kappa shape index (κ3) is 2.28. The van der Waals surface area contributed by atoms with Gasteiger partial charge in [0.25, 0.3) is 0 Å². The summed E-state index contributed by atoms with van der Waals surface area (Å²) in [6.07, 6.45) is 7.25. The predicted molar refractivity (Wildman–Crippen MR) is 102 cm³/mol. The highest BCUT2D eigenvalue weighted by molar-refractivity contribution is 5.97. The number of nitrogens with one attached hydrogen (secondary N) is 1. The minimum Gasteiger partial charge on any atom is -0.382 e. The number of hydrogen-bond acceptors (Lipinski definition) is 5. The first kappa shape index (κ1) is 14.5. The Hall–Kier alpha value is -3.80. The summed E-state index contributed by atoms with van der Waals surface area (Å²) in [6.45, 7) is 0. The number of benzene rings is 1. The van der Waals surface area contributed by atoms with Crippen molar-refractivity contribution in [2.24, 2.45) is 0 Å². The number of hydrogen-bond donors (Lipinski definition) is 2. The second kappa shape index (κ2) is 5.63. The van der Waals surface area contributed by atoms with Crippen LogP contribution in [0.5, 0.6) is 0 Å². The summed E-state index contributed by atoms with van der Waals surface area (Å²) < 4.78 is 0. The van der Waals surface area contributed by atoms with Crippen LogP contribution in [-0.2, 0) is 0 Å². The zero-order valence-corrected chi connectivity index (χ0v) is 13.7. The van der Waals surface area contributed by atoms with Crippen LogP contribution < -0.4 is 5.73 Å². The average molecular weight is 338 g/mol. The number of nitrogens with zero attached hydrogens (tertiary/aromatic N) is 4. The minimum absolute atomic E-state index is 0.453. The number of fused-ring (bicyclic) bond motifs is 2. The molecular formula is C20H14N6. The van der Waals surface area contributed by atoms with Crippen LogP contribution in [0.15, 0.2) is 67.3 Å². The lowest BCUT2D eigenvalue weighted by Gasteiger charge is -2.09. The molecule has 4 aromatic heterocycles. The molecule has 6 nitrogen and oxygen atoms in total. The van der Waals surface area contributed by atoms with Gasteiger partial charge < -0.3 is 5.73 Å². The molecule has 0 aliphatic rings. The molecule has 0 saturated carbocycles. The lowest BCUT2D eigenvalue weighted by atomic mass is 9.98. The van der Waals surface area contributed by atoms with E-state index in [0.717, 1.165) is 38.5 Å². The fraction of sp³-hybridized carbons (Fsp3) is 0. The van der Waals surface area contributed by atoms with Gasteiger partial charge >= 0.3 is 0 Å². The molecule has 26 heavy (non-hydrogen) atoms. The minimum atomic E-state index is 0.453. The van der Waals surface area contributed by atoms with Crippen LogP contribution in [0.1, 0.15) is 0 Å². The van der Waals surface area contributed by atoms with Crippen molar-refractivity contribution in [2.75, 3.05) is 5.73 Å². The molecule has 6 heteroatoms. The van der Waals surface area contributed by atoms with Crippen LogP contribution in [0.2, 0.25) is 0 Å². The van der Waals surface area contributed by atoms with Crippen molar-refractivity contribution >= 4 is 27.8 Å². The molecule has 0 radical (unpaired) electrons. The summed E-state index contributed by atoms with van der Waals surface area (Å²) in [6, 6.07) is 14.2. The summed E-state index contributed by atoms with van der Waals surface area (Å²) in [5, 5.41) is 8.74. The number of H-pyrrole nitrogens is 1. The van der Waals surface area contributed by atoms with Crippen LogP contribution in [-0.4, -0.2) is 25.1 Å². The van der Waals surface area contributed by atoms with Gasteiger partial charge in [0.1, 0.15) is 0 Å². The zero-order valence-electron chi connectivity index (χ0n) is 13.7. The Morgan fingerprint density at radius 1 is 0.769 bits per heavy atom. The van der Waals surface area contributed by atoms with Crippen molar-refractivity contribution in [3.63, 3.8) is 0 Å². The van der Waals surface area contributed by atoms with Gasteiger partial charge in [-0.2, -0.15) is 5.10 Å². The van der Waals surface area contributed by atoms with Crippen LogP contribution in [0.25, 0.3) is 44.2 Å². The monoisotopic (exact) mass is 338 g/mol. The van der Waals surface area contributed by atoms with E-state index in [0.29, 0.717) is 11.5 Å². The van der Waals surface area contributed by atoms with E-state index in [1.807, 2.05) is 48.8 Å². The van der Waals surface area contributed by atoms with Gasteiger partial charge in [0.05, 0.1) is 10.9 Å². The third-order valence-corrected chi connectivity index (χ3v) is 4.51. The van der Waals surface area contributed by atoms with E-state index in [9.17, 15) is 0 Å². The molecule has 1 aromatic carbocycles. The maximum Gasteiger partial charge on any atom is 0.157 e. The first-order chi connectivity index (χ1) is 12.8. The van der Waals surface area contributed by atoms with Crippen molar-refractivity contribution in [1.82, 2.24) is 25.1 Å². The number of pyridine rings is 3. The lowest BCUT2D eigenvalue weighted by Crippen LogP contribution is -1.88. The molecule has 4 heterocycles. The summed E-state index contributed by atoms with van der Waals surface area (Å²) in [5.74, 6) is 0.453. The van der Waals surface area contributed by atoms with E-state index in [-0.39, 0.29) is 0 Å². The van der Waals surface area contributed by atoms with E-state index in [1.54, 1.807) is 12.4 Å². The molecule has 5 rings (SSSR count). The van der Waals surface area contributed by atoms with Crippen molar-refractivity contribution in [2.45, 2.75) is 0 Å². The molecule has 0 aliphatic heterocycles. The standard InChI is InChI=1S/C20H14N6/c21-19-17-10-14(11-24-20(17)26-25-19)13-1-2-18-16(9-13)15(5-8-23-18)12-3-6-22-7-4-12/h1-11H,(H3,21,24,25,26). The van der Waals surface area contributed by atoms with Gasteiger partial charge in [-0.3, -0.25) is 15.1 Å². The molecule has 0 saturated heterocycles. The topological polar surface area (TPSA) is 93.4 Å². The normalized spacial score (nSPS) is 11.2. The molecule has 0 unspecified atom stereocenters. The molecule has 3 N–H and O–H groups in total. The molecule has 0 spiro atoms. The summed E-state index contributed by atoms with van der Waals surface area (Å²) >= 11 is 0. The molecule has 0 fully saturated rings. The smallest absolute Gasteiger partial charge is 0.157 e. The summed E-state index contributed by atoms with van der Waals surface area (Å²) in [7, 11) is 0. The van der Waals surface area contributed by atoms with E-state index in [4.69, 9.17) is 5.73 Å². The molecule has 0 aliphatic carbocycles. The number of aromatic nitrogens is 5. The molecule has 5 aromatic rings. The summed E-state index contributed by atoms with van der Waals surface area (Å²) in [5.41, 5.74) is 11.8. The highest BCUT2D eigenvalue weighted by Crippen LogP contribution is 2.32. The second-order valence-corrected chi connectivity index (χ2v) is 6.06. The average Bonchev–Trinajstić information content (AvgIpc) is 3.08. The molecule has 0 bridgehead atoms. The van der Waals surface area contributed by atoms with E-state index >= 15 is 0 Å². The van der Waals surface area contributed by atoms with E-state index < -0.39 is 0 Å². The number of nitrogens with two attached hydrogens (primary N) is 1. The van der Waals surface area contributed by atoms with Gasteiger partial charge in [0.15, 0.2) is 11.5 Å². The fourth-order valence-electron chi connectivity index (χ4n) is 3.19. The number of nitrogen functional groups attached to an aromatic ring is 1.